The van der Waals surface area contributed by atoms with Crippen molar-refractivity contribution >= 4 is 40.1 Å². The predicted octanol–water partition coefficient (Wildman–Crippen LogP) is 4.85. The van der Waals surface area contributed by atoms with Gasteiger partial charge in [0.2, 0.25) is 11.6 Å². The Balaban J connectivity index is 1.31. The van der Waals surface area contributed by atoms with Gasteiger partial charge in [0.25, 0.3) is 0 Å². The van der Waals surface area contributed by atoms with Crippen LogP contribution in [-0.4, -0.2) is 64.1 Å². The highest BCUT2D eigenvalue weighted by Gasteiger charge is 2.44. The smallest absolute Gasteiger partial charge is 0.232 e. The van der Waals surface area contributed by atoms with Crippen molar-refractivity contribution in [3.63, 3.8) is 0 Å². The Kier molecular flexibility index (Phi) is 7.78. The fourth-order valence-electron chi connectivity index (χ4n) is 5.37. The Labute approximate surface area is 219 Å². The van der Waals surface area contributed by atoms with Crippen LogP contribution in [-0.2, 0) is 4.74 Å². The van der Waals surface area contributed by atoms with Crippen molar-refractivity contribution in [3.05, 3.63) is 52.8 Å². The molecule has 0 bridgehead atoms. The molecule has 2 unspecified atom stereocenters. The quantitative estimate of drug-likeness (QED) is 0.414. The highest BCUT2D eigenvalue weighted by Crippen LogP contribution is 2.49. The maximum Gasteiger partial charge on any atom is 0.232 e. The molecule has 1 aromatic carbocycles. The van der Waals surface area contributed by atoms with Crippen molar-refractivity contribution in [1.82, 2.24) is 13.6 Å². The molecule has 3 aliphatic rings. The van der Waals surface area contributed by atoms with Gasteiger partial charge in [-0.05, 0) is 45.5 Å². The number of fused-ring (bicyclic) bond motifs is 3. The number of likely N-dealkylation sites (N-methyl/N-ethyl adjacent to an activating group) is 1. The summed E-state index contributed by atoms with van der Waals surface area (Å²) >= 11 is 4.62. The van der Waals surface area contributed by atoms with E-state index in [-0.39, 0.29) is 35.9 Å². The Bertz CT molecular complexity index is 1140. The van der Waals surface area contributed by atoms with Gasteiger partial charge >= 0.3 is 0 Å². The molecule has 1 saturated heterocycles. The number of rotatable bonds is 8. The van der Waals surface area contributed by atoms with Crippen LogP contribution in [0, 0.1) is 17.7 Å². The number of hydrogen-bond acceptors (Lipinski definition) is 8. The lowest BCUT2D eigenvalue weighted by Crippen LogP contribution is -2.48. The van der Waals surface area contributed by atoms with Gasteiger partial charge in [0.1, 0.15) is 5.82 Å². The van der Waals surface area contributed by atoms with Gasteiger partial charge in [-0.25, -0.2) is 4.39 Å². The van der Waals surface area contributed by atoms with Gasteiger partial charge in [0.05, 0.1) is 17.9 Å². The first-order valence-electron chi connectivity index (χ1n) is 12.4. The average Bonchev–Trinajstić information content (AvgIpc) is 3.21. The summed E-state index contributed by atoms with van der Waals surface area (Å²) in [5.41, 5.74) is 1.26. The summed E-state index contributed by atoms with van der Waals surface area (Å²) in [6.45, 7) is 1.96. The summed E-state index contributed by atoms with van der Waals surface area (Å²) in [6, 6.07) is 3.23. The number of aromatic nitrogens is 2. The SMILES string of the molecule is CN(C)CCNc1n[s+]([O-])nc1NC[C@H]1CC[C@@H]2[C@H](O1)c1cc(Cl)cc(F)c1N[C@H]2C1C=CC=CC1. The lowest BCUT2D eigenvalue weighted by molar-refractivity contribution is -0.0897. The maximum atomic E-state index is 15.0. The largest absolute Gasteiger partial charge is 0.546 e. The molecule has 0 saturated carbocycles. The number of nitrogens with zero attached hydrogens (tertiary/aromatic N) is 3. The van der Waals surface area contributed by atoms with E-state index < -0.39 is 11.1 Å². The third-order valence-electron chi connectivity index (χ3n) is 7.10. The number of anilines is 3. The minimum Gasteiger partial charge on any atom is -0.546 e. The first-order valence-corrected chi connectivity index (χ1v) is 13.8. The zero-order valence-corrected chi connectivity index (χ0v) is 22.0. The molecule has 5 rings (SSSR count). The lowest BCUT2D eigenvalue weighted by atomic mass is 9.73. The predicted molar refractivity (Wildman–Crippen MR) is 142 cm³/mol. The van der Waals surface area contributed by atoms with Crippen LogP contribution >= 0.6 is 22.7 Å². The molecule has 8 nitrogen and oxygen atoms in total. The number of ether oxygens (including phenoxy) is 1. The number of nitrogens with one attached hydrogen (secondary N) is 3. The number of benzene rings is 1. The number of allylic oxidation sites excluding steroid dienone is 3. The maximum absolute atomic E-state index is 15.0. The topological polar surface area (TPSA) is 97.4 Å². The van der Waals surface area contributed by atoms with Gasteiger partial charge in [-0.3, -0.25) is 0 Å². The molecule has 0 amide bonds. The minimum absolute atomic E-state index is 0.0644. The number of halogens is 2. The summed E-state index contributed by atoms with van der Waals surface area (Å²) in [5.74, 6) is 1.08. The van der Waals surface area contributed by atoms with Crippen molar-refractivity contribution in [2.45, 2.75) is 37.5 Å². The molecular weight excluding hydrogens is 503 g/mol. The highest BCUT2D eigenvalue weighted by molar-refractivity contribution is 7.14. The average molecular weight is 535 g/mol. The van der Waals surface area contributed by atoms with Crippen molar-refractivity contribution < 1.29 is 13.7 Å². The van der Waals surface area contributed by atoms with Crippen molar-refractivity contribution in [3.8, 4) is 0 Å². The van der Waals surface area contributed by atoms with E-state index in [1.54, 1.807) is 0 Å². The first-order chi connectivity index (χ1) is 17.4. The molecule has 2 aliphatic heterocycles. The Morgan fingerprint density at radius 1 is 1.22 bits per heavy atom. The molecule has 1 aliphatic carbocycles. The molecule has 1 aromatic heterocycles. The standard InChI is InChI=1S/C25H32ClFN6O2S/c1-33(2)11-10-28-24-25(32-36(34)31-24)29-14-17-8-9-18-21(15-6-4-3-5-7-15)30-22-19(23(18)35-17)12-16(26)13-20(22)27/h3-6,12-13,15,17-18,21,23,30H,7-11,14H2,1-2H3,(H,28,31)(H,29,32)/t15?,17-,18+,21+,23+,36?/m1/s1. The van der Waals surface area contributed by atoms with Crippen LogP contribution in [0.4, 0.5) is 21.7 Å². The zero-order valence-electron chi connectivity index (χ0n) is 20.4. The van der Waals surface area contributed by atoms with E-state index in [9.17, 15) is 8.94 Å². The normalized spacial score (nSPS) is 27.4. The molecule has 36 heavy (non-hydrogen) atoms. The van der Waals surface area contributed by atoms with Crippen LogP contribution in [0.2, 0.25) is 5.02 Å². The van der Waals surface area contributed by atoms with Gasteiger partial charge in [0.15, 0.2) is 11.1 Å². The molecular formula is C25H32ClFN6O2S. The summed E-state index contributed by atoms with van der Waals surface area (Å²) in [7, 11) is 3.97. The highest BCUT2D eigenvalue weighted by atomic mass is 35.5. The Morgan fingerprint density at radius 3 is 2.78 bits per heavy atom. The van der Waals surface area contributed by atoms with Gasteiger partial charge in [-0.1, -0.05) is 35.9 Å². The van der Waals surface area contributed by atoms with Crippen LogP contribution < -0.4 is 16.0 Å². The molecule has 1 fully saturated rings. The van der Waals surface area contributed by atoms with Gasteiger partial charge in [-0.15, -0.1) is 0 Å². The van der Waals surface area contributed by atoms with E-state index in [0.717, 1.165) is 31.4 Å². The van der Waals surface area contributed by atoms with Crippen LogP contribution in [0.25, 0.3) is 0 Å². The van der Waals surface area contributed by atoms with E-state index in [1.807, 2.05) is 20.2 Å². The van der Waals surface area contributed by atoms with Gasteiger partial charge < -0.3 is 30.1 Å². The second kappa shape index (κ2) is 11.0. The molecule has 2 aromatic rings. The van der Waals surface area contributed by atoms with Crippen LogP contribution in [0.5, 0.6) is 0 Å². The van der Waals surface area contributed by atoms with E-state index in [1.165, 1.54) is 6.07 Å². The lowest BCUT2D eigenvalue weighted by Gasteiger charge is -2.47. The van der Waals surface area contributed by atoms with Gasteiger partial charge in [-0.2, -0.15) is 0 Å². The van der Waals surface area contributed by atoms with Crippen molar-refractivity contribution in [2.75, 3.05) is 49.7 Å². The molecule has 194 valence electrons. The van der Waals surface area contributed by atoms with Crippen LogP contribution in [0.3, 0.4) is 0 Å². The van der Waals surface area contributed by atoms with E-state index in [4.69, 9.17) is 16.3 Å². The summed E-state index contributed by atoms with van der Waals surface area (Å²) in [4.78, 5) is 2.05. The first kappa shape index (κ1) is 25.4. The van der Waals surface area contributed by atoms with Crippen molar-refractivity contribution in [1.29, 1.82) is 0 Å². The minimum atomic E-state index is -1.63. The molecule has 6 atom stereocenters. The monoisotopic (exact) mass is 534 g/mol. The van der Waals surface area contributed by atoms with E-state index in [0.29, 0.717) is 35.4 Å². The third kappa shape index (κ3) is 5.52. The Morgan fingerprint density at radius 2 is 2.03 bits per heavy atom. The molecule has 0 spiro atoms. The molecule has 3 N–H and O–H groups in total. The summed E-state index contributed by atoms with van der Waals surface area (Å²) in [6.07, 6.45) is 10.7. The second-order valence-corrected chi connectivity index (χ2v) is 11.1. The molecule has 0 radical (unpaired) electrons. The van der Waals surface area contributed by atoms with E-state index in [2.05, 4.69) is 53.9 Å². The zero-order chi connectivity index (χ0) is 25.2. The van der Waals surface area contributed by atoms with Crippen LogP contribution in [0.15, 0.2) is 36.4 Å². The van der Waals surface area contributed by atoms with E-state index >= 15 is 0 Å². The number of hydrogen-bond donors (Lipinski definition) is 3. The third-order valence-corrected chi connectivity index (χ3v) is 8.00. The fraction of sp³-hybridized carbons (Fsp3) is 0.520. The summed E-state index contributed by atoms with van der Waals surface area (Å²) < 4.78 is 41.7. The molecule has 11 heteroatoms. The van der Waals surface area contributed by atoms with Crippen molar-refractivity contribution in [2.24, 2.45) is 11.8 Å². The summed E-state index contributed by atoms with van der Waals surface area (Å²) in [5, 5.41) is 10.3. The fourth-order valence-corrected chi connectivity index (χ4v) is 6.23. The van der Waals surface area contributed by atoms with Crippen LogP contribution in [0.1, 0.15) is 30.9 Å². The molecule has 3 heterocycles. The Hall–Kier alpha value is -2.24. The van der Waals surface area contributed by atoms with Gasteiger partial charge in [0, 0.05) is 56.8 Å². The second-order valence-electron chi connectivity index (χ2n) is 9.88.